The number of amides is 2. The van der Waals surface area contributed by atoms with E-state index < -0.39 is 0 Å². The molecule has 1 aromatic carbocycles. The molecule has 6 heteroatoms. The number of ether oxygens (including phenoxy) is 1. The Labute approximate surface area is 142 Å². The summed E-state index contributed by atoms with van der Waals surface area (Å²) in [4.78, 5) is 15.9. The molecule has 2 aromatic rings. The van der Waals surface area contributed by atoms with E-state index in [0.29, 0.717) is 5.69 Å². The van der Waals surface area contributed by atoms with Crippen molar-refractivity contribution in [2.45, 2.75) is 26.3 Å². The topological polar surface area (TPSA) is 75.3 Å². The molecule has 128 valence electrons. The molecule has 0 saturated heterocycles. The van der Waals surface area contributed by atoms with Crippen molar-refractivity contribution in [1.29, 1.82) is 0 Å². The summed E-state index contributed by atoms with van der Waals surface area (Å²) < 4.78 is 5.22. The highest BCUT2D eigenvalue weighted by Gasteiger charge is 2.03. The third-order valence-corrected chi connectivity index (χ3v) is 3.30. The molecule has 24 heavy (non-hydrogen) atoms. The minimum absolute atomic E-state index is 0.0931. The molecule has 0 saturated carbocycles. The summed E-state index contributed by atoms with van der Waals surface area (Å²) in [6.07, 6.45) is 2.50. The number of carbonyl (C=O) groups excluding carboxylic acids is 1. The Kier molecular flexibility index (Phi) is 6.42. The second-order valence-electron chi connectivity index (χ2n) is 5.71. The van der Waals surface area contributed by atoms with Crippen molar-refractivity contribution in [3.8, 4) is 5.75 Å². The van der Waals surface area contributed by atoms with Gasteiger partial charge in [-0.2, -0.15) is 0 Å². The number of benzene rings is 1. The van der Waals surface area contributed by atoms with Gasteiger partial charge in [0.05, 0.1) is 19.0 Å². The first-order valence-corrected chi connectivity index (χ1v) is 7.97. The van der Waals surface area contributed by atoms with E-state index in [0.717, 1.165) is 24.5 Å². The normalized spacial score (nSPS) is 10.3. The molecule has 0 bridgehead atoms. The van der Waals surface area contributed by atoms with Crippen molar-refractivity contribution in [3.63, 3.8) is 0 Å². The van der Waals surface area contributed by atoms with Crippen LogP contribution in [0.1, 0.15) is 19.4 Å². The van der Waals surface area contributed by atoms with Gasteiger partial charge >= 0.3 is 6.03 Å². The minimum atomic E-state index is -0.231. The maximum atomic E-state index is 11.6. The number of urea groups is 1. The van der Waals surface area contributed by atoms with Gasteiger partial charge in [0.2, 0.25) is 0 Å². The van der Waals surface area contributed by atoms with Gasteiger partial charge in [-0.1, -0.05) is 12.1 Å². The van der Waals surface area contributed by atoms with Crippen molar-refractivity contribution < 1.29 is 9.53 Å². The molecule has 0 atom stereocenters. The number of methoxy groups -OCH3 is 1. The first-order valence-electron chi connectivity index (χ1n) is 7.97. The fourth-order valence-electron chi connectivity index (χ4n) is 2.16. The van der Waals surface area contributed by atoms with E-state index in [1.807, 2.05) is 44.2 Å². The number of nitrogens with one attached hydrogen (secondary N) is 3. The average Bonchev–Trinajstić information content (AvgIpc) is 2.56. The standard InChI is InChI=1S/C18H24N4O2/c1-13(2)21-18(23)22-15-7-8-17(20-12-15)19-10-9-14-5-4-6-16(11-14)24-3/h4-8,11-13H,9-10H2,1-3H3,(H,19,20)(H2,21,22,23). The van der Waals surface area contributed by atoms with Gasteiger partial charge in [0.1, 0.15) is 11.6 Å². The van der Waals surface area contributed by atoms with Crippen LogP contribution in [-0.4, -0.2) is 30.7 Å². The summed E-state index contributed by atoms with van der Waals surface area (Å²) >= 11 is 0. The van der Waals surface area contributed by atoms with Crippen LogP contribution in [0.2, 0.25) is 0 Å². The molecule has 3 N–H and O–H groups in total. The van der Waals surface area contributed by atoms with Crippen LogP contribution in [0.5, 0.6) is 5.75 Å². The Morgan fingerprint density at radius 2 is 2.08 bits per heavy atom. The van der Waals surface area contributed by atoms with E-state index in [2.05, 4.69) is 27.0 Å². The molecule has 0 aliphatic rings. The summed E-state index contributed by atoms with van der Waals surface area (Å²) in [5, 5.41) is 8.77. The van der Waals surface area contributed by atoms with E-state index in [9.17, 15) is 4.79 Å². The molecule has 0 aliphatic carbocycles. The fourth-order valence-corrected chi connectivity index (χ4v) is 2.16. The van der Waals surface area contributed by atoms with Gasteiger partial charge in [0, 0.05) is 12.6 Å². The van der Waals surface area contributed by atoms with Gasteiger partial charge in [-0.3, -0.25) is 0 Å². The van der Waals surface area contributed by atoms with Crippen LogP contribution in [-0.2, 0) is 6.42 Å². The van der Waals surface area contributed by atoms with E-state index in [-0.39, 0.29) is 12.1 Å². The van der Waals surface area contributed by atoms with Crippen molar-refractivity contribution >= 4 is 17.5 Å². The van der Waals surface area contributed by atoms with E-state index in [1.54, 1.807) is 13.3 Å². The maximum Gasteiger partial charge on any atom is 0.319 e. The van der Waals surface area contributed by atoms with Crippen molar-refractivity contribution in [3.05, 3.63) is 48.2 Å². The van der Waals surface area contributed by atoms with Gasteiger partial charge in [-0.25, -0.2) is 9.78 Å². The van der Waals surface area contributed by atoms with E-state index in [4.69, 9.17) is 4.74 Å². The monoisotopic (exact) mass is 328 g/mol. The molecule has 2 amide bonds. The van der Waals surface area contributed by atoms with Gasteiger partial charge in [0.25, 0.3) is 0 Å². The van der Waals surface area contributed by atoms with E-state index in [1.165, 1.54) is 5.56 Å². The molecule has 0 fully saturated rings. The summed E-state index contributed by atoms with van der Waals surface area (Å²) in [6, 6.07) is 11.5. The summed E-state index contributed by atoms with van der Waals surface area (Å²) in [6.45, 7) is 4.58. The third kappa shape index (κ3) is 5.79. The van der Waals surface area contributed by atoms with Crippen LogP contribution < -0.4 is 20.7 Å². The van der Waals surface area contributed by atoms with Crippen molar-refractivity contribution in [1.82, 2.24) is 10.3 Å². The Morgan fingerprint density at radius 3 is 2.75 bits per heavy atom. The lowest BCUT2D eigenvalue weighted by molar-refractivity contribution is 0.250. The average molecular weight is 328 g/mol. The number of pyridine rings is 1. The lowest BCUT2D eigenvalue weighted by Crippen LogP contribution is -2.34. The van der Waals surface area contributed by atoms with Gasteiger partial charge in [0.15, 0.2) is 0 Å². The van der Waals surface area contributed by atoms with Gasteiger partial charge in [-0.05, 0) is 50.1 Å². The number of aromatic nitrogens is 1. The highest BCUT2D eigenvalue weighted by atomic mass is 16.5. The van der Waals surface area contributed by atoms with Crippen LogP contribution in [0.3, 0.4) is 0 Å². The lowest BCUT2D eigenvalue weighted by atomic mass is 10.1. The highest BCUT2D eigenvalue weighted by molar-refractivity contribution is 5.89. The maximum absolute atomic E-state index is 11.6. The smallest absolute Gasteiger partial charge is 0.319 e. The van der Waals surface area contributed by atoms with Crippen molar-refractivity contribution in [2.75, 3.05) is 24.3 Å². The molecular formula is C18H24N4O2. The molecule has 1 heterocycles. The van der Waals surface area contributed by atoms with Crippen LogP contribution in [0.15, 0.2) is 42.6 Å². The first-order chi connectivity index (χ1) is 11.6. The summed E-state index contributed by atoms with van der Waals surface area (Å²) in [5.74, 6) is 1.63. The minimum Gasteiger partial charge on any atom is -0.497 e. The molecule has 0 spiro atoms. The number of nitrogens with zero attached hydrogens (tertiary/aromatic N) is 1. The fraction of sp³-hybridized carbons (Fsp3) is 0.333. The first kappa shape index (κ1) is 17.6. The predicted octanol–water partition coefficient (Wildman–Crippen LogP) is 3.27. The van der Waals surface area contributed by atoms with Crippen LogP contribution in [0.25, 0.3) is 0 Å². The largest absolute Gasteiger partial charge is 0.497 e. The number of hydrogen-bond donors (Lipinski definition) is 3. The van der Waals surface area contributed by atoms with Gasteiger partial charge in [-0.15, -0.1) is 0 Å². The summed E-state index contributed by atoms with van der Waals surface area (Å²) in [5.41, 5.74) is 1.86. The molecule has 0 unspecified atom stereocenters. The zero-order valence-electron chi connectivity index (χ0n) is 14.3. The number of anilines is 2. The number of carbonyl (C=O) groups is 1. The molecule has 6 nitrogen and oxygen atoms in total. The lowest BCUT2D eigenvalue weighted by Gasteiger charge is -2.11. The zero-order chi connectivity index (χ0) is 17.4. The summed E-state index contributed by atoms with van der Waals surface area (Å²) in [7, 11) is 1.66. The van der Waals surface area contributed by atoms with Crippen LogP contribution in [0.4, 0.5) is 16.3 Å². The quantitative estimate of drug-likeness (QED) is 0.729. The number of hydrogen-bond acceptors (Lipinski definition) is 4. The van der Waals surface area contributed by atoms with Crippen LogP contribution in [0, 0.1) is 0 Å². The molecular weight excluding hydrogens is 304 g/mol. The van der Waals surface area contributed by atoms with E-state index >= 15 is 0 Å². The van der Waals surface area contributed by atoms with Crippen molar-refractivity contribution in [2.24, 2.45) is 0 Å². The molecule has 0 aliphatic heterocycles. The Morgan fingerprint density at radius 1 is 1.25 bits per heavy atom. The third-order valence-electron chi connectivity index (χ3n) is 3.30. The highest BCUT2D eigenvalue weighted by Crippen LogP contribution is 2.14. The Bertz CT molecular complexity index is 656. The van der Waals surface area contributed by atoms with Gasteiger partial charge < -0.3 is 20.7 Å². The molecule has 2 rings (SSSR count). The SMILES string of the molecule is COc1cccc(CCNc2ccc(NC(=O)NC(C)C)cn2)c1. The van der Waals surface area contributed by atoms with Crippen LogP contribution >= 0.6 is 0 Å². The Balaban J connectivity index is 1.80. The Hall–Kier alpha value is -2.76. The molecule has 1 aromatic heterocycles. The second-order valence-corrected chi connectivity index (χ2v) is 5.71. The molecule has 0 radical (unpaired) electrons. The zero-order valence-corrected chi connectivity index (χ0v) is 14.3. The number of rotatable bonds is 7. The second kappa shape index (κ2) is 8.76. The predicted molar refractivity (Wildman–Crippen MR) is 96.7 cm³/mol.